The van der Waals surface area contributed by atoms with Gasteiger partial charge >= 0.3 is 0 Å². The molecule has 0 radical (unpaired) electrons. The predicted molar refractivity (Wildman–Crippen MR) is 60.9 cm³/mol. The van der Waals surface area contributed by atoms with Crippen LogP contribution in [0.3, 0.4) is 0 Å². The van der Waals surface area contributed by atoms with Gasteiger partial charge < -0.3 is 10.5 Å². The molecular weight excluding hydrogens is 291 g/mol. The van der Waals surface area contributed by atoms with Crippen molar-refractivity contribution in [3.8, 4) is 11.8 Å². The van der Waals surface area contributed by atoms with E-state index in [2.05, 4.69) is 28.7 Å². The molecule has 0 saturated carbocycles. The van der Waals surface area contributed by atoms with Crippen LogP contribution in [0.15, 0.2) is 12.1 Å². The molecule has 1 aromatic rings. The molecule has 0 aliphatic carbocycles. The summed E-state index contributed by atoms with van der Waals surface area (Å²) in [6, 6.07) is 5.75. The fourth-order valence-corrected chi connectivity index (χ4v) is 2.58. The van der Waals surface area contributed by atoms with Crippen LogP contribution >= 0.6 is 22.6 Å². The van der Waals surface area contributed by atoms with Gasteiger partial charge in [-0.05, 0) is 34.7 Å². The highest BCUT2D eigenvalue weighted by Gasteiger charge is 2.21. The molecule has 72 valence electrons. The molecule has 0 aromatic heterocycles. The highest BCUT2D eigenvalue weighted by Crippen LogP contribution is 2.35. The Labute approximate surface area is 96.0 Å². The van der Waals surface area contributed by atoms with E-state index >= 15 is 0 Å². The van der Waals surface area contributed by atoms with Crippen molar-refractivity contribution in [1.82, 2.24) is 0 Å². The molecule has 3 nitrogen and oxygen atoms in total. The van der Waals surface area contributed by atoms with Gasteiger partial charge in [0.05, 0.1) is 18.2 Å². The highest BCUT2D eigenvalue weighted by atomic mass is 127. The van der Waals surface area contributed by atoms with Crippen molar-refractivity contribution < 1.29 is 4.74 Å². The van der Waals surface area contributed by atoms with Gasteiger partial charge in [0.15, 0.2) is 0 Å². The summed E-state index contributed by atoms with van der Waals surface area (Å²) in [5.41, 5.74) is 7.64. The van der Waals surface area contributed by atoms with Crippen LogP contribution in [0, 0.1) is 14.9 Å². The summed E-state index contributed by atoms with van der Waals surface area (Å²) in [7, 11) is 0. The molecule has 0 amide bonds. The van der Waals surface area contributed by atoms with Crippen molar-refractivity contribution >= 4 is 22.6 Å². The fourth-order valence-electron chi connectivity index (χ4n) is 1.58. The lowest BCUT2D eigenvalue weighted by atomic mass is 10.00. The Morgan fingerprint density at radius 2 is 2.36 bits per heavy atom. The van der Waals surface area contributed by atoms with Crippen LogP contribution < -0.4 is 10.5 Å². The second-order valence-electron chi connectivity index (χ2n) is 3.23. The third-order valence-electron chi connectivity index (χ3n) is 2.28. The molecule has 2 N–H and O–H groups in total. The van der Waals surface area contributed by atoms with E-state index < -0.39 is 0 Å². The van der Waals surface area contributed by atoms with E-state index in [0.29, 0.717) is 12.2 Å². The van der Waals surface area contributed by atoms with Crippen molar-refractivity contribution in [1.29, 1.82) is 5.26 Å². The Morgan fingerprint density at radius 1 is 1.57 bits per heavy atom. The molecule has 0 unspecified atom stereocenters. The highest BCUT2D eigenvalue weighted by molar-refractivity contribution is 14.1. The third kappa shape index (κ3) is 1.57. The molecule has 1 aromatic carbocycles. The van der Waals surface area contributed by atoms with E-state index in [1.165, 1.54) is 0 Å². The number of ether oxygens (including phenoxy) is 1. The first-order valence-electron chi connectivity index (χ1n) is 4.34. The molecule has 1 aliphatic heterocycles. The number of benzene rings is 1. The van der Waals surface area contributed by atoms with Crippen LogP contribution in [0.5, 0.6) is 5.75 Å². The van der Waals surface area contributed by atoms with Gasteiger partial charge in [-0.3, -0.25) is 0 Å². The van der Waals surface area contributed by atoms with Gasteiger partial charge in [0.25, 0.3) is 0 Å². The lowest BCUT2D eigenvalue weighted by Crippen LogP contribution is -2.21. The van der Waals surface area contributed by atoms with E-state index in [4.69, 9.17) is 15.7 Å². The number of hydrogen-bond donors (Lipinski definition) is 1. The summed E-state index contributed by atoms with van der Waals surface area (Å²) in [5.74, 6) is 0.771. The molecule has 1 heterocycles. The summed E-state index contributed by atoms with van der Waals surface area (Å²) < 4.78 is 6.50. The number of halogens is 1. The molecule has 14 heavy (non-hydrogen) atoms. The van der Waals surface area contributed by atoms with E-state index in [0.717, 1.165) is 21.3 Å². The number of fused-ring (bicyclic) bond motifs is 1. The van der Waals surface area contributed by atoms with Crippen LogP contribution in [-0.2, 0) is 0 Å². The molecule has 0 saturated heterocycles. The smallest absolute Gasteiger partial charge is 0.126 e. The normalized spacial score (nSPS) is 19.4. The van der Waals surface area contributed by atoms with E-state index in [-0.39, 0.29) is 6.04 Å². The van der Waals surface area contributed by atoms with Crippen LogP contribution in [0.2, 0.25) is 0 Å². The maximum absolute atomic E-state index is 8.79. The number of nitrogens with two attached hydrogens (primary N) is 1. The minimum atomic E-state index is 0.0402. The predicted octanol–water partition coefficient (Wildman–Crippen LogP) is 1.95. The molecule has 0 bridgehead atoms. The average Bonchev–Trinajstić information content (AvgIpc) is 2.17. The van der Waals surface area contributed by atoms with E-state index in [9.17, 15) is 0 Å². The first kappa shape index (κ1) is 9.74. The molecule has 0 fully saturated rings. The Kier molecular flexibility index (Phi) is 2.61. The second kappa shape index (κ2) is 3.75. The van der Waals surface area contributed by atoms with Gasteiger partial charge in [-0.15, -0.1) is 0 Å². The Balaban J connectivity index is 2.58. The quantitative estimate of drug-likeness (QED) is 0.745. The number of rotatable bonds is 0. The lowest BCUT2D eigenvalue weighted by molar-refractivity contribution is 0.268. The van der Waals surface area contributed by atoms with Crippen LogP contribution in [0.1, 0.15) is 23.6 Å². The van der Waals surface area contributed by atoms with E-state index in [1.807, 2.05) is 6.07 Å². The standard InChI is InChI=1S/C10H9IN2O/c11-7-3-6(5-12)4-9-10(7)8(13)1-2-14-9/h3-4,8H,1-2,13H2/t8-/m0/s1. The largest absolute Gasteiger partial charge is 0.493 e. The topological polar surface area (TPSA) is 59.0 Å². The van der Waals surface area contributed by atoms with Crippen LogP contribution in [0.4, 0.5) is 0 Å². The third-order valence-corrected chi connectivity index (χ3v) is 3.17. The molecule has 2 rings (SSSR count). The van der Waals surface area contributed by atoms with Gasteiger partial charge in [-0.1, -0.05) is 0 Å². The number of nitriles is 1. The van der Waals surface area contributed by atoms with Gasteiger partial charge in [-0.2, -0.15) is 5.26 Å². The fraction of sp³-hybridized carbons (Fsp3) is 0.300. The minimum absolute atomic E-state index is 0.0402. The first-order chi connectivity index (χ1) is 6.72. The van der Waals surface area contributed by atoms with Crippen LogP contribution in [0.25, 0.3) is 0 Å². The van der Waals surface area contributed by atoms with Crippen molar-refractivity contribution in [3.05, 3.63) is 26.8 Å². The molecular formula is C10H9IN2O. The maximum Gasteiger partial charge on any atom is 0.126 e. The Morgan fingerprint density at radius 3 is 3.07 bits per heavy atom. The summed E-state index contributed by atoms with van der Waals surface area (Å²) in [6.07, 6.45) is 0.842. The summed E-state index contributed by atoms with van der Waals surface area (Å²) in [6.45, 7) is 0.638. The summed E-state index contributed by atoms with van der Waals surface area (Å²) >= 11 is 2.20. The first-order valence-corrected chi connectivity index (χ1v) is 5.42. The second-order valence-corrected chi connectivity index (χ2v) is 4.39. The summed E-state index contributed by atoms with van der Waals surface area (Å²) in [4.78, 5) is 0. The van der Waals surface area contributed by atoms with E-state index in [1.54, 1.807) is 6.07 Å². The average molecular weight is 300 g/mol. The van der Waals surface area contributed by atoms with Gasteiger partial charge in [0.1, 0.15) is 5.75 Å². The molecule has 4 heteroatoms. The Hall–Kier alpha value is -0.800. The minimum Gasteiger partial charge on any atom is -0.493 e. The van der Waals surface area contributed by atoms with Crippen molar-refractivity contribution in [2.75, 3.05) is 6.61 Å². The zero-order valence-corrected chi connectivity index (χ0v) is 9.61. The maximum atomic E-state index is 8.79. The molecule has 1 atom stereocenters. The van der Waals surface area contributed by atoms with Crippen molar-refractivity contribution in [2.45, 2.75) is 12.5 Å². The van der Waals surface area contributed by atoms with Crippen molar-refractivity contribution in [2.24, 2.45) is 5.73 Å². The zero-order valence-electron chi connectivity index (χ0n) is 7.46. The van der Waals surface area contributed by atoms with Gasteiger partial charge in [-0.25, -0.2) is 0 Å². The Bertz CT molecular complexity index is 411. The monoisotopic (exact) mass is 300 g/mol. The SMILES string of the molecule is N#Cc1cc(I)c2c(c1)OCC[C@@H]2N. The zero-order chi connectivity index (χ0) is 10.1. The number of hydrogen-bond acceptors (Lipinski definition) is 3. The van der Waals surface area contributed by atoms with Crippen molar-refractivity contribution in [3.63, 3.8) is 0 Å². The van der Waals surface area contributed by atoms with Gasteiger partial charge in [0, 0.05) is 21.6 Å². The summed E-state index contributed by atoms with van der Waals surface area (Å²) in [5, 5.41) is 8.79. The van der Waals surface area contributed by atoms with Crippen LogP contribution in [-0.4, -0.2) is 6.61 Å². The van der Waals surface area contributed by atoms with Gasteiger partial charge in [0.2, 0.25) is 0 Å². The lowest BCUT2D eigenvalue weighted by Gasteiger charge is -2.24. The molecule has 1 aliphatic rings. The number of nitrogens with zero attached hydrogens (tertiary/aromatic N) is 1. The molecule has 0 spiro atoms.